The SMILES string of the molecule is Cc1cc(NC(=O)c2ccc(F)c(C(F)(F)C(=O)Nc3nc4c(s3)CCNC4)c2)ccc1F. The van der Waals surface area contributed by atoms with E-state index in [2.05, 4.69) is 20.9 Å². The minimum absolute atomic E-state index is 0.00522. The lowest BCUT2D eigenvalue weighted by Crippen LogP contribution is -2.33. The number of carbonyl (C=O) groups excluding carboxylic acids is 2. The van der Waals surface area contributed by atoms with Gasteiger partial charge in [-0.3, -0.25) is 14.9 Å². The molecule has 0 radical (unpaired) electrons. The Morgan fingerprint density at radius 1 is 1.09 bits per heavy atom. The second-order valence-electron chi connectivity index (χ2n) is 7.46. The molecule has 0 aliphatic carbocycles. The average molecular weight is 478 g/mol. The molecule has 33 heavy (non-hydrogen) atoms. The van der Waals surface area contributed by atoms with Gasteiger partial charge in [0.1, 0.15) is 11.6 Å². The standard InChI is InChI=1S/C22H18F4N4O2S/c1-11-8-13(3-5-15(11)23)28-19(31)12-2-4-16(24)14(9-12)22(25,26)20(32)30-21-29-17-10-27-7-6-18(17)33-21/h2-5,8-9,27H,6-7,10H2,1H3,(H,28,31)(H,29,30,32). The van der Waals surface area contributed by atoms with Crippen LogP contribution in [0.2, 0.25) is 0 Å². The molecule has 0 unspecified atom stereocenters. The maximum Gasteiger partial charge on any atom is 0.353 e. The van der Waals surface area contributed by atoms with E-state index in [0.29, 0.717) is 30.8 Å². The summed E-state index contributed by atoms with van der Waals surface area (Å²) in [7, 11) is 0. The molecule has 3 aromatic rings. The Hall–Kier alpha value is -3.31. The van der Waals surface area contributed by atoms with E-state index < -0.39 is 34.9 Å². The van der Waals surface area contributed by atoms with Gasteiger partial charge in [-0.15, -0.1) is 11.3 Å². The third kappa shape index (κ3) is 4.74. The highest BCUT2D eigenvalue weighted by atomic mass is 32.1. The maximum absolute atomic E-state index is 14.9. The first-order valence-corrected chi connectivity index (χ1v) is 10.7. The number of anilines is 2. The van der Waals surface area contributed by atoms with Crippen LogP contribution in [-0.2, 0) is 23.7 Å². The van der Waals surface area contributed by atoms with Gasteiger partial charge in [0.25, 0.3) is 5.91 Å². The predicted molar refractivity (Wildman–Crippen MR) is 116 cm³/mol. The van der Waals surface area contributed by atoms with Crippen LogP contribution >= 0.6 is 11.3 Å². The van der Waals surface area contributed by atoms with Gasteiger partial charge in [0.05, 0.1) is 11.3 Å². The molecule has 0 atom stereocenters. The van der Waals surface area contributed by atoms with Gasteiger partial charge in [-0.1, -0.05) is 0 Å². The summed E-state index contributed by atoms with van der Waals surface area (Å²) >= 11 is 1.09. The molecular weight excluding hydrogens is 460 g/mol. The molecule has 0 saturated heterocycles. The molecule has 6 nitrogen and oxygen atoms in total. The average Bonchev–Trinajstić information content (AvgIpc) is 3.18. The zero-order valence-electron chi connectivity index (χ0n) is 17.3. The highest BCUT2D eigenvalue weighted by Crippen LogP contribution is 2.34. The molecule has 0 spiro atoms. The molecule has 3 N–H and O–H groups in total. The largest absolute Gasteiger partial charge is 0.353 e. The van der Waals surface area contributed by atoms with Crippen molar-refractivity contribution in [3.63, 3.8) is 0 Å². The Labute approximate surface area is 190 Å². The first-order valence-electron chi connectivity index (χ1n) is 9.91. The van der Waals surface area contributed by atoms with Gasteiger partial charge >= 0.3 is 11.8 Å². The molecule has 1 aliphatic heterocycles. The summed E-state index contributed by atoms with van der Waals surface area (Å²) in [6.07, 6.45) is 0.665. The van der Waals surface area contributed by atoms with Gasteiger partial charge in [0, 0.05) is 29.2 Å². The van der Waals surface area contributed by atoms with Crippen LogP contribution in [0.3, 0.4) is 0 Å². The summed E-state index contributed by atoms with van der Waals surface area (Å²) in [5.41, 5.74) is -0.361. The van der Waals surface area contributed by atoms with Crippen LogP contribution in [0.15, 0.2) is 36.4 Å². The molecule has 4 rings (SSSR count). The van der Waals surface area contributed by atoms with E-state index in [-0.39, 0.29) is 21.9 Å². The summed E-state index contributed by atoms with van der Waals surface area (Å²) in [5, 5.41) is 7.57. The van der Waals surface area contributed by atoms with E-state index >= 15 is 0 Å². The van der Waals surface area contributed by atoms with Crippen molar-refractivity contribution in [2.75, 3.05) is 17.2 Å². The number of carbonyl (C=O) groups is 2. The number of nitrogens with zero attached hydrogens (tertiary/aromatic N) is 1. The topological polar surface area (TPSA) is 83.1 Å². The van der Waals surface area contributed by atoms with E-state index in [0.717, 1.165) is 34.9 Å². The molecule has 1 aliphatic rings. The second-order valence-corrected chi connectivity index (χ2v) is 8.54. The van der Waals surface area contributed by atoms with Crippen molar-refractivity contribution in [1.29, 1.82) is 0 Å². The van der Waals surface area contributed by atoms with Crippen molar-refractivity contribution in [3.05, 3.63) is 75.3 Å². The number of alkyl halides is 2. The number of amides is 2. The molecular formula is C22H18F4N4O2S. The fourth-order valence-corrected chi connectivity index (χ4v) is 4.28. The third-order valence-electron chi connectivity index (χ3n) is 5.09. The zero-order chi connectivity index (χ0) is 23.8. The van der Waals surface area contributed by atoms with Crippen molar-refractivity contribution in [2.45, 2.75) is 25.8 Å². The van der Waals surface area contributed by atoms with Gasteiger partial charge in [0.15, 0.2) is 5.13 Å². The molecule has 0 bridgehead atoms. The lowest BCUT2D eigenvalue weighted by atomic mass is 10.0. The third-order valence-corrected chi connectivity index (χ3v) is 6.16. The number of thiazole rings is 1. The number of halogens is 4. The fraction of sp³-hybridized carbons (Fsp3) is 0.227. The van der Waals surface area contributed by atoms with Crippen LogP contribution in [0.4, 0.5) is 28.4 Å². The first kappa shape index (κ1) is 22.9. The smallest absolute Gasteiger partial charge is 0.322 e. The number of fused-ring (bicyclic) bond motifs is 1. The Morgan fingerprint density at radius 2 is 1.85 bits per heavy atom. The van der Waals surface area contributed by atoms with Gasteiger partial charge in [-0.25, -0.2) is 13.8 Å². The minimum Gasteiger partial charge on any atom is -0.322 e. The summed E-state index contributed by atoms with van der Waals surface area (Å²) in [4.78, 5) is 29.8. The summed E-state index contributed by atoms with van der Waals surface area (Å²) in [6, 6.07) is 6.14. The summed E-state index contributed by atoms with van der Waals surface area (Å²) in [6.45, 7) is 2.68. The van der Waals surface area contributed by atoms with Crippen LogP contribution in [-0.4, -0.2) is 23.3 Å². The first-order chi connectivity index (χ1) is 15.6. The minimum atomic E-state index is -4.27. The molecule has 0 saturated carbocycles. The summed E-state index contributed by atoms with van der Waals surface area (Å²) < 4.78 is 57.5. The monoisotopic (exact) mass is 478 g/mol. The molecule has 11 heteroatoms. The number of hydrogen-bond acceptors (Lipinski definition) is 5. The molecule has 2 amide bonds. The molecule has 2 heterocycles. The zero-order valence-corrected chi connectivity index (χ0v) is 18.1. The molecule has 0 fully saturated rings. The maximum atomic E-state index is 14.9. The Morgan fingerprint density at radius 3 is 2.58 bits per heavy atom. The summed E-state index contributed by atoms with van der Waals surface area (Å²) in [5.74, 6) is -8.66. The van der Waals surface area contributed by atoms with E-state index in [4.69, 9.17) is 0 Å². The van der Waals surface area contributed by atoms with Crippen LogP contribution < -0.4 is 16.0 Å². The van der Waals surface area contributed by atoms with Gasteiger partial charge in [0.2, 0.25) is 0 Å². The van der Waals surface area contributed by atoms with Crippen LogP contribution in [0.1, 0.15) is 32.1 Å². The lowest BCUT2D eigenvalue weighted by molar-refractivity contribution is -0.141. The fourth-order valence-electron chi connectivity index (χ4n) is 3.31. The highest BCUT2D eigenvalue weighted by molar-refractivity contribution is 7.15. The van der Waals surface area contributed by atoms with Crippen molar-refractivity contribution >= 4 is 34.0 Å². The molecule has 172 valence electrons. The van der Waals surface area contributed by atoms with E-state index in [1.807, 2.05) is 0 Å². The van der Waals surface area contributed by atoms with E-state index in [1.165, 1.54) is 19.1 Å². The molecule has 1 aromatic heterocycles. The van der Waals surface area contributed by atoms with E-state index in [1.54, 1.807) is 0 Å². The number of rotatable bonds is 5. The number of hydrogen-bond donors (Lipinski definition) is 3. The number of aromatic nitrogens is 1. The number of benzene rings is 2. The van der Waals surface area contributed by atoms with Crippen molar-refractivity contribution in [2.24, 2.45) is 0 Å². The molecule has 2 aromatic carbocycles. The predicted octanol–water partition coefficient (Wildman–Crippen LogP) is 4.36. The van der Waals surface area contributed by atoms with Gasteiger partial charge < -0.3 is 10.6 Å². The number of nitrogens with one attached hydrogen (secondary N) is 3. The number of aryl methyl sites for hydroxylation is 1. The van der Waals surface area contributed by atoms with Gasteiger partial charge in [-0.2, -0.15) is 8.78 Å². The van der Waals surface area contributed by atoms with Crippen LogP contribution in [0.5, 0.6) is 0 Å². The van der Waals surface area contributed by atoms with Crippen molar-refractivity contribution in [1.82, 2.24) is 10.3 Å². The van der Waals surface area contributed by atoms with Crippen molar-refractivity contribution < 1.29 is 27.2 Å². The quantitative estimate of drug-likeness (QED) is 0.476. The Balaban J connectivity index is 1.54. The van der Waals surface area contributed by atoms with Crippen molar-refractivity contribution in [3.8, 4) is 0 Å². The van der Waals surface area contributed by atoms with Gasteiger partial charge in [-0.05, 0) is 55.3 Å². The Kier molecular flexibility index (Phi) is 6.17. The second kappa shape index (κ2) is 8.91. The van der Waals surface area contributed by atoms with Crippen LogP contribution in [0, 0.1) is 18.6 Å². The lowest BCUT2D eigenvalue weighted by Gasteiger charge is -2.17. The highest BCUT2D eigenvalue weighted by Gasteiger charge is 2.44. The normalized spacial score (nSPS) is 13.4. The van der Waals surface area contributed by atoms with E-state index in [9.17, 15) is 27.2 Å². The Bertz CT molecular complexity index is 1220. The van der Waals surface area contributed by atoms with Crippen LogP contribution in [0.25, 0.3) is 0 Å².